The maximum atomic E-state index is 12.1. The van der Waals surface area contributed by atoms with Gasteiger partial charge in [0.1, 0.15) is 5.75 Å². The summed E-state index contributed by atoms with van der Waals surface area (Å²) >= 11 is 0. The lowest BCUT2D eigenvalue weighted by Crippen LogP contribution is -2.20. The molecule has 0 radical (unpaired) electrons. The molecule has 0 saturated carbocycles. The highest BCUT2D eigenvalue weighted by Crippen LogP contribution is 2.19. The second kappa shape index (κ2) is 9.01. The molecule has 2 aromatic rings. The van der Waals surface area contributed by atoms with Crippen LogP contribution in [0.5, 0.6) is 5.75 Å². The Hall–Kier alpha value is -2.86. The number of hydrogen-bond donors (Lipinski definition) is 2. The third-order valence-electron chi connectivity index (χ3n) is 3.75. The first-order valence-electron chi connectivity index (χ1n) is 8.28. The van der Waals surface area contributed by atoms with Crippen LogP contribution in [0.3, 0.4) is 0 Å². The van der Waals surface area contributed by atoms with Crippen molar-refractivity contribution in [2.24, 2.45) is 0 Å². The van der Waals surface area contributed by atoms with Crippen LogP contribution in [0, 0.1) is 0 Å². The van der Waals surface area contributed by atoms with Gasteiger partial charge >= 0.3 is 5.97 Å². The van der Waals surface area contributed by atoms with Crippen LogP contribution in [0.2, 0.25) is 0 Å². The van der Waals surface area contributed by atoms with Crippen LogP contribution in [0.4, 0.5) is 5.69 Å². The van der Waals surface area contributed by atoms with Crippen molar-refractivity contribution in [3.05, 3.63) is 59.2 Å². The first-order valence-corrected chi connectivity index (χ1v) is 8.28. The van der Waals surface area contributed by atoms with Gasteiger partial charge in [-0.25, -0.2) is 4.79 Å². The van der Waals surface area contributed by atoms with E-state index in [1.165, 1.54) is 24.8 Å². The number of benzene rings is 2. The molecule has 0 fully saturated rings. The van der Waals surface area contributed by atoms with Crippen molar-refractivity contribution in [2.75, 3.05) is 19.0 Å². The van der Waals surface area contributed by atoms with Gasteiger partial charge in [0.25, 0.3) is 5.91 Å². The molecule has 26 heavy (non-hydrogen) atoms. The standard InChI is InChI=1S/C20H23NO5/c1-13(2)15-4-6-18(7-5-15)26-12-19(22)21-17-9-14(11-25-3)8-16(10-17)20(23)24/h4-10,13H,11-12H2,1-3H3,(H,21,22)(H,23,24). The fourth-order valence-electron chi connectivity index (χ4n) is 2.43. The number of ether oxygens (including phenoxy) is 2. The summed E-state index contributed by atoms with van der Waals surface area (Å²) in [7, 11) is 1.52. The van der Waals surface area contributed by atoms with Gasteiger partial charge in [-0.1, -0.05) is 26.0 Å². The topological polar surface area (TPSA) is 84.9 Å². The van der Waals surface area contributed by atoms with E-state index in [2.05, 4.69) is 19.2 Å². The summed E-state index contributed by atoms with van der Waals surface area (Å²) in [6.45, 7) is 4.29. The highest BCUT2D eigenvalue weighted by Gasteiger charge is 2.10. The van der Waals surface area contributed by atoms with Crippen LogP contribution in [0.25, 0.3) is 0 Å². The second-order valence-corrected chi connectivity index (χ2v) is 6.22. The lowest BCUT2D eigenvalue weighted by atomic mass is 10.0. The molecule has 0 aromatic heterocycles. The van der Waals surface area contributed by atoms with Crippen LogP contribution in [0.15, 0.2) is 42.5 Å². The van der Waals surface area contributed by atoms with Crippen molar-refractivity contribution in [1.82, 2.24) is 0 Å². The number of carboxylic acids is 1. The van der Waals surface area contributed by atoms with E-state index in [1.807, 2.05) is 24.3 Å². The Kier molecular flexibility index (Phi) is 6.74. The van der Waals surface area contributed by atoms with Crippen molar-refractivity contribution in [3.8, 4) is 5.75 Å². The summed E-state index contributed by atoms with van der Waals surface area (Å²) in [6.07, 6.45) is 0. The molecule has 0 aliphatic carbocycles. The molecule has 0 spiro atoms. The number of amides is 1. The molecule has 0 aliphatic rings. The predicted octanol–water partition coefficient (Wildman–Crippen LogP) is 3.67. The number of methoxy groups -OCH3 is 1. The number of hydrogen-bond acceptors (Lipinski definition) is 4. The molecule has 0 saturated heterocycles. The minimum atomic E-state index is -1.07. The Morgan fingerprint density at radius 1 is 1.12 bits per heavy atom. The van der Waals surface area contributed by atoms with Crippen LogP contribution < -0.4 is 10.1 Å². The summed E-state index contributed by atoms with van der Waals surface area (Å²) in [5, 5.41) is 11.8. The second-order valence-electron chi connectivity index (χ2n) is 6.22. The molecule has 6 nitrogen and oxygen atoms in total. The van der Waals surface area contributed by atoms with Crippen LogP contribution in [-0.4, -0.2) is 30.7 Å². The van der Waals surface area contributed by atoms with Gasteiger partial charge in [0.05, 0.1) is 12.2 Å². The SMILES string of the molecule is COCc1cc(NC(=O)COc2ccc(C(C)C)cc2)cc(C(=O)O)c1. The van der Waals surface area contributed by atoms with Crippen molar-refractivity contribution in [1.29, 1.82) is 0 Å². The Morgan fingerprint density at radius 3 is 2.38 bits per heavy atom. The summed E-state index contributed by atoms with van der Waals surface area (Å²) < 4.78 is 10.5. The van der Waals surface area contributed by atoms with E-state index in [-0.39, 0.29) is 24.7 Å². The fourth-order valence-corrected chi connectivity index (χ4v) is 2.43. The van der Waals surface area contributed by atoms with Crippen molar-refractivity contribution < 1.29 is 24.2 Å². The normalized spacial score (nSPS) is 10.6. The number of carbonyl (C=O) groups excluding carboxylic acids is 1. The molecule has 0 unspecified atom stereocenters. The van der Waals surface area contributed by atoms with E-state index in [1.54, 1.807) is 6.07 Å². The number of carbonyl (C=O) groups is 2. The van der Waals surface area contributed by atoms with Gasteiger partial charge in [-0.05, 0) is 47.4 Å². The molecule has 2 aromatic carbocycles. The lowest BCUT2D eigenvalue weighted by Gasteiger charge is -2.11. The van der Waals surface area contributed by atoms with E-state index in [0.29, 0.717) is 22.9 Å². The molecule has 6 heteroatoms. The van der Waals surface area contributed by atoms with Gasteiger partial charge in [0.15, 0.2) is 6.61 Å². The van der Waals surface area contributed by atoms with Gasteiger partial charge in [-0.3, -0.25) is 4.79 Å². The van der Waals surface area contributed by atoms with E-state index < -0.39 is 5.97 Å². The molecule has 1 amide bonds. The molecule has 0 atom stereocenters. The maximum absolute atomic E-state index is 12.1. The fraction of sp³-hybridized carbons (Fsp3) is 0.300. The molecule has 2 N–H and O–H groups in total. The van der Waals surface area contributed by atoms with Gasteiger partial charge < -0.3 is 19.9 Å². The first-order chi connectivity index (χ1) is 12.4. The Balaban J connectivity index is 1.99. The number of rotatable bonds is 8. The molecule has 2 rings (SSSR count). The third-order valence-corrected chi connectivity index (χ3v) is 3.75. The Bertz CT molecular complexity index is 768. The molecule has 0 heterocycles. The zero-order chi connectivity index (χ0) is 19.1. The first kappa shape index (κ1) is 19.5. The molecular formula is C20H23NO5. The number of aromatic carboxylic acids is 1. The third kappa shape index (κ3) is 5.60. The largest absolute Gasteiger partial charge is 0.484 e. The molecule has 0 bridgehead atoms. The van der Waals surface area contributed by atoms with Crippen molar-refractivity contribution in [2.45, 2.75) is 26.4 Å². The Labute approximate surface area is 152 Å². The number of nitrogens with one attached hydrogen (secondary N) is 1. The van der Waals surface area contributed by atoms with Crippen molar-refractivity contribution in [3.63, 3.8) is 0 Å². The van der Waals surface area contributed by atoms with E-state index in [0.717, 1.165) is 0 Å². The molecular weight excluding hydrogens is 334 g/mol. The maximum Gasteiger partial charge on any atom is 0.335 e. The summed E-state index contributed by atoms with van der Waals surface area (Å²) in [4.78, 5) is 23.3. The van der Waals surface area contributed by atoms with E-state index in [9.17, 15) is 14.7 Å². The quantitative estimate of drug-likeness (QED) is 0.753. The van der Waals surface area contributed by atoms with Gasteiger partial charge in [0.2, 0.25) is 0 Å². The Morgan fingerprint density at radius 2 is 1.81 bits per heavy atom. The monoisotopic (exact) mass is 357 g/mol. The number of anilines is 1. The van der Waals surface area contributed by atoms with Crippen LogP contribution in [-0.2, 0) is 16.1 Å². The van der Waals surface area contributed by atoms with Crippen LogP contribution >= 0.6 is 0 Å². The minimum Gasteiger partial charge on any atom is -0.484 e. The summed E-state index contributed by atoms with van der Waals surface area (Å²) in [6, 6.07) is 12.2. The zero-order valence-electron chi connectivity index (χ0n) is 15.1. The average molecular weight is 357 g/mol. The zero-order valence-corrected chi connectivity index (χ0v) is 15.1. The predicted molar refractivity (Wildman–Crippen MR) is 98.8 cm³/mol. The summed E-state index contributed by atoms with van der Waals surface area (Å²) in [5.74, 6) is -0.414. The summed E-state index contributed by atoms with van der Waals surface area (Å²) in [5.41, 5.74) is 2.33. The van der Waals surface area contributed by atoms with Crippen LogP contribution in [0.1, 0.15) is 41.3 Å². The van der Waals surface area contributed by atoms with Crippen molar-refractivity contribution >= 4 is 17.6 Å². The van der Waals surface area contributed by atoms with E-state index >= 15 is 0 Å². The van der Waals surface area contributed by atoms with Gasteiger partial charge in [-0.15, -0.1) is 0 Å². The molecule has 0 aliphatic heterocycles. The lowest BCUT2D eigenvalue weighted by molar-refractivity contribution is -0.118. The molecule has 138 valence electrons. The average Bonchev–Trinajstić information content (AvgIpc) is 2.60. The highest BCUT2D eigenvalue weighted by molar-refractivity contribution is 5.94. The smallest absolute Gasteiger partial charge is 0.335 e. The number of carboxylic acid groups (broad SMARTS) is 1. The van der Waals surface area contributed by atoms with E-state index in [4.69, 9.17) is 9.47 Å². The van der Waals surface area contributed by atoms with Gasteiger partial charge in [0, 0.05) is 12.8 Å². The minimum absolute atomic E-state index is 0.0834. The van der Waals surface area contributed by atoms with Gasteiger partial charge in [-0.2, -0.15) is 0 Å². The highest BCUT2D eigenvalue weighted by atomic mass is 16.5.